The molecule has 2 aliphatic carbocycles. The Labute approximate surface area is 130 Å². The van der Waals surface area contributed by atoms with Gasteiger partial charge in [-0.1, -0.05) is 18.2 Å². The van der Waals surface area contributed by atoms with Crippen LogP contribution < -0.4 is 4.74 Å². The van der Waals surface area contributed by atoms with Crippen LogP contribution in [0.5, 0.6) is 11.5 Å². The average molecular weight is 299 g/mol. The maximum Gasteiger partial charge on any atom is 0.161 e. The van der Waals surface area contributed by atoms with E-state index in [1.54, 1.807) is 7.11 Å². The number of fused-ring (bicyclic) bond motifs is 4. The summed E-state index contributed by atoms with van der Waals surface area (Å²) in [5, 5.41) is 10.7. The normalized spacial score (nSPS) is 33.3. The van der Waals surface area contributed by atoms with Crippen molar-refractivity contribution in [2.45, 2.75) is 24.8 Å². The first kappa shape index (κ1) is 13.8. The molecular formula is C18H21NO3. The average Bonchev–Trinajstić information content (AvgIpc) is 2.73. The first-order chi connectivity index (χ1) is 10.6. The molecule has 0 aromatic heterocycles. The van der Waals surface area contributed by atoms with Crippen molar-refractivity contribution in [1.29, 1.82) is 0 Å². The van der Waals surface area contributed by atoms with Gasteiger partial charge in [0.25, 0.3) is 0 Å². The predicted octanol–water partition coefficient (Wildman–Crippen LogP) is 2.42. The second kappa shape index (κ2) is 4.85. The molecule has 2 heterocycles. The molecule has 116 valence electrons. The molecule has 1 aromatic carbocycles. The van der Waals surface area contributed by atoms with Gasteiger partial charge in [0.15, 0.2) is 11.5 Å². The highest BCUT2D eigenvalue weighted by atomic mass is 16.5. The predicted molar refractivity (Wildman–Crippen MR) is 84.1 cm³/mol. The smallest absolute Gasteiger partial charge is 0.161 e. The zero-order valence-corrected chi connectivity index (χ0v) is 13.0. The van der Waals surface area contributed by atoms with Gasteiger partial charge in [-0.3, -0.25) is 4.79 Å². The molecular weight excluding hydrogens is 278 g/mol. The van der Waals surface area contributed by atoms with Crippen molar-refractivity contribution in [1.82, 2.24) is 4.90 Å². The number of carbonyl (C=O) groups is 1. The molecule has 2 bridgehead atoms. The first-order valence-electron chi connectivity index (χ1n) is 7.90. The molecule has 4 nitrogen and oxygen atoms in total. The number of nitrogens with zero attached hydrogens (tertiary/aromatic N) is 1. The van der Waals surface area contributed by atoms with Crippen molar-refractivity contribution in [3.8, 4) is 11.5 Å². The summed E-state index contributed by atoms with van der Waals surface area (Å²) in [6.45, 7) is 0.918. The Hall–Kier alpha value is -1.81. The molecule has 3 fully saturated rings. The first-order valence-corrected chi connectivity index (χ1v) is 7.90. The maximum atomic E-state index is 12.2. The lowest BCUT2D eigenvalue weighted by Crippen LogP contribution is -2.48. The molecule has 5 rings (SSSR count). The maximum absolute atomic E-state index is 12.2. The lowest BCUT2D eigenvalue weighted by atomic mass is 9.67. The van der Waals surface area contributed by atoms with E-state index in [1.165, 1.54) is 0 Å². The zero-order valence-electron chi connectivity index (χ0n) is 13.0. The molecule has 2 aliphatic heterocycles. The SMILES string of the molecule is COc1ccc2c(c1O)C1C3CC(=O)CC(C1C=C2)N(C)C3. The van der Waals surface area contributed by atoms with Crippen LogP contribution in [0.25, 0.3) is 6.08 Å². The number of piperidine rings is 1. The monoisotopic (exact) mass is 299 g/mol. The van der Waals surface area contributed by atoms with Gasteiger partial charge < -0.3 is 14.7 Å². The summed E-state index contributed by atoms with van der Waals surface area (Å²) in [4.78, 5) is 14.5. The van der Waals surface area contributed by atoms with E-state index in [0.29, 0.717) is 30.3 Å². The summed E-state index contributed by atoms with van der Waals surface area (Å²) in [6.07, 6.45) is 5.57. The van der Waals surface area contributed by atoms with Crippen molar-refractivity contribution >= 4 is 11.9 Å². The van der Waals surface area contributed by atoms with E-state index in [4.69, 9.17) is 4.74 Å². The Morgan fingerprint density at radius 2 is 2.14 bits per heavy atom. The summed E-state index contributed by atoms with van der Waals surface area (Å²) in [7, 11) is 3.69. The van der Waals surface area contributed by atoms with E-state index in [2.05, 4.69) is 24.1 Å². The Kier molecular flexibility index (Phi) is 3.05. The van der Waals surface area contributed by atoms with Crippen LogP contribution in [-0.4, -0.2) is 42.5 Å². The van der Waals surface area contributed by atoms with Crippen LogP contribution in [0.3, 0.4) is 0 Å². The highest BCUT2D eigenvalue weighted by molar-refractivity contribution is 5.81. The van der Waals surface area contributed by atoms with Gasteiger partial charge in [0.1, 0.15) is 5.78 Å². The van der Waals surface area contributed by atoms with Crippen LogP contribution in [0.4, 0.5) is 0 Å². The molecule has 4 aliphatic rings. The fourth-order valence-electron chi connectivity index (χ4n) is 4.71. The number of rotatable bonds is 1. The number of phenolic OH excluding ortho intramolecular Hbond substituents is 1. The van der Waals surface area contributed by atoms with E-state index in [1.807, 2.05) is 12.1 Å². The quantitative estimate of drug-likeness (QED) is 0.865. The van der Waals surface area contributed by atoms with Crippen molar-refractivity contribution in [3.05, 3.63) is 29.3 Å². The minimum absolute atomic E-state index is 0.211. The number of carbonyl (C=O) groups excluding carboxylic acids is 1. The Morgan fingerprint density at radius 3 is 2.91 bits per heavy atom. The number of methoxy groups -OCH3 is 1. The van der Waals surface area contributed by atoms with Gasteiger partial charge in [-0.25, -0.2) is 0 Å². The molecule has 4 heteroatoms. The Bertz CT molecular complexity index is 667. The second-order valence-electron chi connectivity index (χ2n) is 6.80. The highest BCUT2D eigenvalue weighted by Crippen LogP contribution is 2.53. The summed E-state index contributed by atoms with van der Waals surface area (Å²) in [5.41, 5.74) is 2.03. The molecule has 1 saturated carbocycles. The van der Waals surface area contributed by atoms with Crippen LogP contribution in [0.1, 0.15) is 29.9 Å². The minimum atomic E-state index is 0.211. The number of Topliss-reactive ketones (excluding diaryl/α,β-unsaturated/α-hetero) is 1. The fourth-order valence-corrected chi connectivity index (χ4v) is 4.71. The largest absolute Gasteiger partial charge is 0.504 e. The van der Waals surface area contributed by atoms with Crippen LogP contribution in [0.2, 0.25) is 0 Å². The number of hydrogen-bond donors (Lipinski definition) is 1. The van der Waals surface area contributed by atoms with Crippen molar-refractivity contribution in [3.63, 3.8) is 0 Å². The van der Waals surface area contributed by atoms with Crippen molar-refractivity contribution in [2.24, 2.45) is 11.8 Å². The molecule has 0 spiro atoms. The Balaban J connectivity index is 1.88. The number of benzene rings is 1. The van der Waals surface area contributed by atoms with Crippen molar-refractivity contribution in [2.75, 3.05) is 20.7 Å². The van der Waals surface area contributed by atoms with E-state index < -0.39 is 0 Å². The van der Waals surface area contributed by atoms with Gasteiger partial charge in [0.2, 0.25) is 0 Å². The lowest BCUT2D eigenvalue weighted by Gasteiger charge is -2.46. The minimum Gasteiger partial charge on any atom is -0.504 e. The van der Waals surface area contributed by atoms with E-state index >= 15 is 0 Å². The Morgan fingerprint density at radius 1 is 1.32 bits per heavy atom. The number of aromatic hydroxyl groups is 1. The van der Waals surface area contributed by atoms with Gasteiger partial charge in [-0.2, -0.15) is 0 Å². The van der Waals surface area contributed by atoms with Crippen LogP contribution in [0.15, 0.2) is 18.2 Å². The van der Waals surface area contributed by atoms with E-state index in [0.717, 1.165) is 17.7 Å². The highest BCUT2D eigenvalue weighted by Gasteiger charge is 2.48. The fraction of sp³-hybridized carbons (Fsp3) is 0.500. The molecule has 2 saturated heterocycles. The zero-order chi connectivity index (χ0) is 15.4. The second-order valence-corrected chi connectivity index (χ2v) is 6.80. The summed E-state index contributed by atoms with van der Waals surface area (Å²) in [5.74, 6) is 1.90. The number of phenols is 1. The van der Waals surface area contributed by atoms with Crippen LogP contribution in [0, 0.1) is 11.8 Å². The van der Waals surface area contributed by atoms with Gasteiger partial charge in [-0.05, 0) is 24.6 Å². The number of ether oxygens (including phenoxy) is 1. The molecule has 4 unspecified atom stereocenters. The topological polar surface area (TPSA) is 49.8 Å². The molecule has 0 radical (unpaired) electrons. The molecule has 22 heavy (non-hydrogen) atoms. The third kappa shape index (κ3) is 1.83. The van der Waals surface area contributed by atoms with Crippen LogP contribution >= 0.6 is 0 Å². The van der Waals surface area contributed by atoms with Gasteiger partial charge >= 0.3 is 0 Å². The number of ketones is 1. The number of hydrogen-bond acceptors (Lipinski definition) is 4. The van der Waals surface area contributed by atoms with Gasteiger partial charge in [0.05, 0.1) is 7.11 Å². The van der Waals surface area contributed by atoms with Gasteiger partial charge in [-0.15, -0.1) is 0 Å². The van der Waals surface area contributed by atoms with Crippen molar-refractivity contribution < 1.29 is 14.6 Å². The third-order valence-electron chi connectivity index (χ3n) is 5.65. The molecule has 1 aromatic rings. The summed E-state index contributed by atoms with van der Waals surface area (Å²) < 4.78 is 5.29. The van der Waals surface area contributed by atoms with Gasteiger partial charge in [0, 0.05) is 42.8 Å². The lowest BCUT2D eigenvalue weighted by molar-refractivity contribution is -0.119. The summed E-state index contributed by atoms with van der Waals surface area (Å²) >= 11 is 0. The third-order valence-corrected chi connectivity index (χ3v) is 5.65. The molecule has 1 N–H and O–H groups in total. The van der Waals surface area contributed by atoms with Crippen LogP contribution in [-0.2, 0) is 4.79 Å². The molecule has 4 atom stereocenters. The summed E-state index contributed by atoms with van der Waals surface area (Å²) in [6, 6.07) is 4.06. The molecule has 0 amide bonds. The van der Waals surface area contributed by atoms with E-state index in [9.17, 15) is 9.90 Å². The van der Waals surface area contributed by atoms with E-state index in [-0.39, 0.29) is 23.6 Å². The standard InChI is InChI=1S/C18H21NO3/c1-19-9-11-7-12(20)8-14(19)13-5-3-10-4-6-15(22-2)18(21)17(10)16(11)13/h3-6,11,13-14,16,21H,7-9H2,1-2H3.